The maximum absolute atomic E-state index is 12.1. The summed E-state index contributed by atoms with van der Waals surface area (Å²) in [6, 6.07) is 11.3. The van der Waals surface area contributed by atoms with Crippen LogP contribution in [0.15, 0.2) is 46.9 Å². The summed E-state index contributed by atoms with van der Waals surface area (Å²) >= 11 is 0. The minimum absolute atomic E-state index is 0.208. The number of ether oxygens (including phenoxy) is 1. The van der Waals surface area contributed by atoms with E-state index < -0.39 is 0 Å². The van der Waals surface area contributed by atoms with Crippen LogP contribution in [0.1, 0.15) is 44.1 Å². The summed E-state index contributed by atoms with van der Waals surface area (Å²) in [6.07, 6.45) is 5.28. The van der Waals surface area contributed by atoms with Crippen molar-refractivity contribution in [2.75, 3.05) is 11.9 Å². The highest BCUT2D eigenvalue weighted by molar-refractivity contribution is 6.02. The molecule has 4 nitrogen and oxygen atoms in total. The monoisotopic (exact) mass is 325 g/mol. The number of nitrogens with one attached hydrogen (secondary N) is 1. The molecule has 1 amide bonds. The van der Waals surface area contributed by atoms with Gasteiger partial charge in [0.1, 0.15) is 17.3 Å². The summed E-state index contributed by atoms with van der Waals surface area (Å²) in [5.41, 5.74) is 0.674. The van der Waals surface area contributed by atoms with E-state index in [1.807, 2.05) is 43.3 Å². The predicted molar refractivity (Wildman–Crippen MR) is 95.1 cm³/mol. The molecule has 1 fully saturated rings. The van der Waals surface area contributed by atoms with E-state index in [1.54, 1.807) is 6.08 Å². The molecular formula is C20H23NO3. The van der Waals surface area contributed by atoms with Crippen LogP contribution in [0.4, 0.5) is 5.69 Å². The van der Waals surface area contributed by atoms with Crippen molar-refractivity contribution in [2.45, 2.75) is 32.6 Å². The second-order valence-electron chi connectivity index (χ2n) is 6.23. The average molecular weight is 325 g/mol. The first-order valence-electron chi connectivity index (χ1n) is 8.48. The number of furan rings is 1. The summed E-state index contributed by atoms with van der Waals surface area (Å²) in [4.78, 5) is 12.1. The standard InChI is InChI=1S/C20H23NO3/c1-3-12-23-19-7-5-4-6-17(19)21-20(22)11-9-15-8-10-18(24-15)16-13-14(16)2/h4-11,14,16H,3,12-13H2,1-2H3,(H,21,22)/b11-9+. The molecule has 2 aromatic rings. The van der Waals surface area contributed by atoms with Crippen molar-refractivity contribution >= 4 is 17.7 Å². The number of hydrogen-bond acceptors (Lipinski definition) is 3. The Bertz CT molecular complexity index is 732. The molecule has 0 spiro atoms. The normalized spacial score (nSPS) is 19.4. The van der Waals surface area contributed by atoms with Gasteiger partial charge in [-0.2, -0.15) is 0 Å². The van der Waals surface area contributed by atoms with Crippen LogP contribution < -0.4 is 10.1 Å². The number of carbonyl (C=O) groups is 1. The highest BCUT2D eigenvalue weighted by atomic mass is 16.5. The molecule has 126 valence electrons. The first-order valence-corrected chi connectivity index (χ1v) is 8.48. The number of rotatable bonds is 7. The zero-order valence-corrected chi connectivity index (χ0v) is 14.1. The SMILES string of the molecule is CCCOc1ccccc1NC(=O)/C=C/c1ccc(C2CC2C)o1. The van der Waals surface area contributed by atoms with E-state index in [4.69, 9.17) is 9.15 Å². The van der Waals surface area contributed by atoms with E-state index in [0.717, 1.165) is 12.2 Å². The van der Waals surface area contributed by atoms with Gasteiger partial charge in [-0.3, -0.25) is 4.79 Å². The Hall–Kier alpha value is -2.49. The van der Waals surface area contributed by atoms with Gasteiger partial charge in [0.15, 0.2) is 0 Å². The van der Waals surface area contributed by atoms with Gasteiger partial charge < -0.3 is 14.5 Å². The lowest BCUT2D eigenvalue weighted by atomic mass is 10.2. The predicted octanol–water partition coefficient (Wildman–Crippen LogP) is 4.84. The molecule has 1 aliphatic carbocycles. The molecule has 0 radical (unpaired) electrons. The van der Waals surface area contributed by atoms with Gasteiger partial charge >= 0.3 is 0 Å². The summed E-state index contributed by atoms with van der Waals surface area (Å²) < 4.78 is 11.4. The van der Waals surface area contributed by atoms with Crippen molar-refractivity contribution < 1.29 is 13.9 Å². The summed E-state index contributed by atoms with van der Waals surface area (Å²) in [5, 5.41) is 2.85. The van der Waals surface area contributed by atoms with Crippen molar-refractivity contribution in [3.05, 3.63) is 54.0 Å². The summed E-state index contributed by atoms with van der Waals surface area (Å²) in [7, 11) is 0. The number of benzene rings is 1. The van der Waals surface area contributed by atoms with Gasteiger partial charge in [-0.1, -0.05) is 26.0 Å². The van der Waals surface area contributed by atoms with Gasteiger partial charge in [0.2, 0.25) is 5.91 Å². The van der Waals surface area contributed by atoms with Gasteiger partial charge in [-0.25, -0.2) is 0 Å². The van der Waals surface area contributed by atoms with Crippen LogP contribution in [0.5, 0.6) is 5.75 Å². The molecule has 24 heavy (non-hydrogen) atoms. The number of hydrogen-bond donors (Lipinski definition) is 1. The van der Waals surface area contributed by atoms with Crippen molar-refractivity contribution in [1.82, 2.24) is 0 Å². The Balaban J connectivity index is 1.60. The van der Waals surface area contributed by atoms with Gasteiger partial charge in [0.05, 0.1) is 12.3 Å². The second-order valence-corrected chi connectivity index (χ2v) is 6.23. The van der Waals surface area contributed by atoms with Crippen molar-refractivity contribution in [3.8, 4) is 5.75 Å². The Labute approximate surface area is 142 Å². The van der Waals surface area contributed by atoms with Crippen molar-refractivity contribution in [2.24, 2.45) is 5.92 Å². The average Bonchev–Trinajstić information content (AvgIpc) is 3.13. The quantitative estimate of drug-likeness (QED) is 0.741. The van der Waals surface area contributed by atoms with Crippen LogP contribution in [0, 0.1) is 5.92 Å². The molecule has 0 bridgehead atoms. The van der Waals surface area contributed by atoms with Crippen molar-refractivity contribution in [1.29, 1.82) is 0 Å². The van der Waals surface area contributed by atoms with Gasteiger partial charge in [-0.05, 0) is 49.1 Å². The second kappa shape index (κ2) is 7.39. The third-order valence-corrected chi connectivity index (χ3v) is 4.13. The molecule has 1 saturated carbocycles. The fraction of sp³-hybridized carbons (Fsp3) is 0.350. The number of anilines is 1. The molecule has 0 aliphatic heterocycles. The Kier molecular flexibility index (Phi) is 5.04. The molecular weight excluding hydrogens is 302 g/mol. The number of para-hydroxylation sites is 2. The fourth-order valence-corrected chi connectivity index (χ4v) is 2.62. The van der Waals surface area contributed by atoms with Crippen LogP contribution in [0.3, 0.4) is 0 Å². The van der Waals surface area contributed by atoms with E-state index in [2.05, 4.69) is 12.2 Å². The van der Waals surface area contributed by atoms with E-state index in [-0.39, 0.29) is 5.91 Å². The van der Waals surface area contributed by atoms with E-state index in [9.17, 15) is 4.79 Å². The van der Waals surface area contributed by atoms with Crippen LogP contribution >= 0.6 is 0 Å². The number of carbonyl (C=O) groups excluding carboxylic acids is 1. The lowest BCUT2D eigenvalue weighted by Gasteiger charge is -2.10. The summed E-state index contributed by atoms with van der Waals surface area (Å²) in [6.45, 7) is 4.88. The highest BCUT2D eigenvalue weighted by Crippen LogP contribution is 2.47. The summed E-state index contributed by atoms with van der Waals surface area (Å²) in [5.74, 6) is 3.44. The minimum Gasteiger partial charge on any atom is -0.491 e. The number of amides is 1. The Morgan fingerprint density at radius 2 is 2.12 bits per heavy atom. The molecule has 1 N–H and O–H groups in total. The molecule has 3 rings (SSSR count). The van der Waals surface area contributed by atoms with Gasteiger partial charge in [0.25, 0.3) is 0 Å². The molecule has 4 heteroatoms. The molecule has 1 aromatic heterocycles. The molecule has 0 saturated heterocycles. The topological polar surface area (TPSA) is 51.5 Å². The smallest absolute Gasteiger partial charge is 0.248 e. The maximum atomic E-state index is 12.1. The van der Waals surface area contributed by atoms with E-state index in [0.29, 0.717) is 35.6 Å². The van der Waals surface area contributed by atoms with E-state index in [1.165, 1.54) is 12.5 Å². The van der Waals surface area contributed by atoms with Gasteiger partial charge in [-0.15, -0.1) is 0 Å². The van der Waals surface area contributed by atoms with Gasteiger partial charge in [0, 0.05) is 12.0 Å². The largest absolute Gasteiger partial charge is 0.491 e. The molecule has 2 unspecified atom stereocenters. The Morgan fingerprint density at radius 3 is 2.88 bits per heavy atom. The highest BCUT2D eigenvalue weighted by Gasteiger charge is 2.36. The van der Waals surface area contributed by atoms with Crippen LogP contribution in [0.2, 0.25) is 0 Å². The first kappa shape index (κ1) is 16.4. The minimum atomic E-state index is -0.208. The van der Waals surface area contributed by atoms with E-state index >= 15 is 0 Å². The zero-order valence-electron chi connectivity index (χ0n) is 14.1. The lowest BCUT2D eigenvalue weighted by molar-refractivity contribution is -0.111. The van der Waals surface area contributed by atoms with Crippen LogP contribution in [-0.4, -0.2) is 12.5 Å². The maximum Gasteiger partial charge on any atom is 0.248 e. The Morgan fingerprint density at radius 1 is 1.33 bits per heavy atom. The third-order valence-electron chi connectivity index (χ3n) is 4.13. The third kappa shape index (κ3) is 4.07. The zero-order chi connectivity index (χ0) is 16.9. The molecule has 1 aliphatic rings. The fourth-order valence-electron chi connectivity index (χ4n) is 2.62. The first-order chi connectivity index (χ1) is 11.7. The lowest BCUT2D eigenvalue weighted by Crippen LogP contribution is -2.09. The molecule has 2 atom stereocenters. The van der Waals surface area contributed by atoms with Crippen LogP contribution in [0.25, 0.3) is 6.08 Å². The molecule has 1 aromatic carbocycles. The van der Waals surface area contributed by atoms with Crippen LogP contribution in [-0.2, 0) is 4.79 Å². The molecule has 1 heterocycles. The van der Waals surface area contributed by atoms with Crippen molar-refractivity contribution in [3.63, 3.8) is 0 Å².